The van der Waals surface area contributed by atoms with Crippen LogP contribution < -0.4 is 5.32 Å². The van der Waals surface area contributed by atoms with E-state index in [-0.39, 0.29) is 29.7 Å². The monoisotopic (exact) mass is 849 g/mol. The Kier molecular flexibility index (Phi) is 12.1. The van der Waals surface area contributed by atoms with Gasteiger partial charge in [-0.05, 0) is 63.5 Å². The predicted molar refractivity (Wildman–Crippen MR) is 213 cm³/mol. The third kappa shape index (κ3) is 7.94. The van der Waals surface area contributed by atoms with E-state index in [2.05, 4.69) is 5.32 Å². The molecule has 4 aliphatic rings. The first-order chi connectivity index (χ1) is 28.4. The molecule has 6 rings (SSSR count). The fourth-order valence-electron chi connectivity index (χ4n) is 9.80. The van der Waals surface area contributed by atoms with Crippen molar-refractivity contribution in [2.45, 2.75) is 135 Å². The summed E-state index contributed by atoms with van der Waals surface area (Å²) < 4.78 is 35.6. The summed E-state index contributed by atoms with van der Waals surface area (Å²) in [6.45, 7) is 12.9. The molecular weight excluding hydrogens is 794 g/mol. The number of Topliss-reactive ketones (excluding diaryl/α,β-unsaturated/α-hetero) is 1. The van der Waals surface area contributed by atoms with Crippen LogP contribution in [0.1, 0.15) is 97.1 Å². The summed E-state index contributed by atoms with van der Waals surface area (Å²) in [5.41, 5.74) is -8.30. The van der Waals surface area contributed by atoms with Crippen LogP contribution in [-0.2, 0) is 47.6 Å². The first-order valence-corrected chi connectivity index (χ1v) is 20.2. The maximum Gasteiger partial charge on any atom is 0.408 e. The summed E-state index contributed by atoms with van der Waals surface area (Å²) in [6.07, 6.45) is -11.5. The molecule has 16 nitrogen and oxygen atoms in total. The number of rotatable bonds is 9. The van der Waals surface area contributed by atoms with Gasteiger partial charge >= 0.3 is 30.0 Å². The molecule has 3 fully saturated rings. The van der Waals surface area contributed by atoms with Gasteiger partial charge in [0.2, 0.25) is 0 Å². The molecule has 11 atom stereocenters. The average molecular weight is 850 g/mol. The zero-order valence-electron chi connectivity index (χ0n) is 35.8. The number of fused-ring (bicyclic) bond motifs is 5. The number of carbonyl (C=O) groups is 6. The lowest BCUT2D eigenvalue weighted by Gasteiger charge is -2.67. The van der Waals surface area contributed by atoms with Crippen LogP contribution in [-0.4, -0.2) is 111 Å². The summed E-state index contributed by atoms with van der Waals surface area (Å²) in [5, 5.41) is 39.9. The maximum atomic E-state index is 15.5. The summed E-state index contributed by atoms with van der Waals surface area (Å²) in [5.74, 6) is -6.30. The molecule has 16 heteroatoms. The van der Waals surface area contributed by atoms with Crippen molar-refractivity contribution in [2.75, 3.05) is 6.61 Å². The van der Waals surface area contributed by atoms with Gasteiger partial charge < -0.3 is 49.1 Å². The second kappa shape index (κ2) is 16.3. The van der Waals surface area contributed by atoms with Crippen LogP contribution in [0.5, 0.6) is 0 Å². The molecule has 330 valence electrons. The first kappa shape index (κ1) is 45.4. The van der Waals surface area contributed by atoms with Gasteiger partial charge in [-0.15, -0.1) is 0 Å². The highest BCUT2D eigenvalue weighted by Gasteiger charge is 2.78. The van der Waals surface area contributed by atoms with Crippen LogP contribution >= 0.6 is 0 Å². The number of hydrogen-bond donors (Lipinski definition) is 4. The van der Waals surface area contributed by atoms with E-state index in [1.54, 1.807) is 83.1 Å². The van der Waals surface area contributed by atoms with Crippen molar-refractivity contribution in [1.29, 1.82) is 0 Å². The average Bonchev–Trinajstić information content (AvgIpc) is 3.17. The van der Waals surface area contributed by atoms with Crippen LogP contribution in [0.3, 0.4) is 0 Å². The molecule has 4 unspecified atom stereocenters. The maximum absolute atomic E-state index is 15.5. The van der Waals surface area contributed by atoms with Crippen molar-refractivity contribution < 1.29 is 72.5 Å². The molecule has 0 aromatic heterocycles. The number of esters is 4. The molecule has 0 radical (unpaired) electrons. The van der Waals surface area contributed by atoms with Gasteiger partial charge in [-0.2, -0.15) is 0 Å². The van der Waals surface area contributed by atoms with Crippen molar-refractivity contribution in [3.8, 4) is 0 Å². The van der Waals surface area contributed by atoms with Crippen molar-refractivity contribution >= 4 is 35.8 Å². The minimum absolute atomic E-state index is 0.0126. The first-order valence-electron chi connectivity index (χ1n) is 20.2. The number of amides is 1. The highest BCUT2D eigenvalue weighted by atomic mass is 16.6. The molecular formula is C45H55NO15. The molecule has 1 aliphatic heterocycles. The van der Waals surface area contributed by atoms with E-state index >= 15 is 4.79 Å². The summed E-state index contributed by atoms with van der Waals surface area (Å²) in [6, 6.07) is 14.5. The van der Waals surface area contributed by atoms with Gasteiger partial charge in [-0.3, -0.25) is 14.4 Å². The number of benzene rings is 2. The van der Waals surface area contributed by atoms with Gasteiger partial charge in [0.05, 0.1) is 35.6 Å². The Morgan fingerprint density at radius 3 is 2.05 bits per heavy atom. The Bertz CT molecular complexity index is 2100. The minimum Gasteiger partial charge on any atom is -0.456 e. The quantitative estimate of drug-likeness (QED) is 0.160. The fourth-order valence-corrected chi connectivity index (χ4v) is 9.80. The van der Waals surface area contributed by atoms with Gasteiger partial charge in [-0.1, -0.05) is 62.4 Å². The van der Waals surface area contributed by atoms with E-state index < -0.39 is 118 Å². The van der Waals surface area contributed by atoms with E-state index in [9.17, 15) is 39.3 Å². The molecule has 1 amide bonds. The normalized spacial score (nSPS) is 32.5. The van der Waals surface area contributed by atoms with E-state index in [4.69, 9.17) is 28.4 Å². The zero-order valence-corrected chi connectivity index (χ0v) is 35.8. The minimum atomic E-state index is -2.40. The molecule has 3 aliphatic carbocycles. The largest absolute Gasteiger partial charge is 0.456 e. The molecule has 1 saturated heterocycles. The Hall–Kier alpha value is -5.16. The second-order valence-corrected chi connectivity index (χ2v) is 18.2. The highest BCUT2D eigenvalue weighted by Crippen LogP contribution is 2.64. The lowest BCUT2D eigenvalue weighted by atomic mass is 9.44. The molecule has 4 N–H and O–H groups in total. The summed E-state index contributed by atoms with van der Waals surface area (Å²) >= 11 is 0. The Balaban J connectivity index is 1.54. The third-order valence-corrected chi connectivity index (χ3v) is 12.8. The number of hydrogen-bond acceptors (Lipinski definition) is 15. The summed E-state index contributed by atoms with van der Waals surface area (Å²) in [7, 11) is 0. The topological polar surface area (TPSA) is 231 Å². The van der Waals surface area contributed by atoms with E-state index in [0.717, 1.165) is 13.8 Å². The van der Waals surface area contributed by atoms with Gasteiger partial charge in [-0.25, -0.2) is 14.4 Å². The number of alkyl carbamates (subject to hydrolysis) is 1. The number of nitrogens with one attached hydrogen (secondary N) is 1. The number of ether oxygens (including phenoxy) is 6. The number of ketones is 1. The Labute approximate surface area is 353 Å². The van der Waals surface area contributed by atoms with Gasteiger partial charge in [0.1, 0.15) is 29.5 Å². The third-order valence-electron chi connectivity index (χ3n) is 12.8. The molecule has 0 spiro atoms. The van der Waals surface area contributed by atoms with Crippen LogP contribution in [0.4, 0.5) is 4.79 Å². The highest BCUT2D eigenvalue weighted by molar-refractivity contribution is 5.95. The van der Waals surface area contributed by atoms with Crippen LogP contribution in [0, 0.1) is 16.7 Å². The van der Waals surface area contributed by atoms with Gasteiger partial charge in [0, 0.05) is 32.1 Å². The van der Waals surface area contributed by atoms with Crippen molar-refractivity contribution in [3.05, 3.63) is 82.9 Å². The smallest absolute Gasteiger partial charge is 0.408 e. The number of aliphatic hydroxyl groups excluding tert-OH is 2. The standard InChI is InChI=1S/C45H55NO15/c1-23-28(58-39(53)33(50)32(26-16-12-10-13-17-26)46-40(54)61-41(4,5)6)21-45(55)37(59-38(52)27-18-14-11-15-19-27)35-43(9,29(49)20-30-44(35,22-56-30)60-25(3)48)36(51)34(57-24(2)47)31(23)42(45,7)8/h10-19,28-30,32-35,37,49-50,55H,20-22H2,1-9H3,(H,46,54)/t28?,29-,30?,32-,33?,34+,35?,37-,43+,44-,45+/m0/s1. The molecule has 2 aromatic rings. The van der Waals surface area contributed by atoms with E-state index in [1.165, 1.54) is 26.0 Å². The van der Waals surface area contributed by atoms with Gasteiger partial charge in [0.15, 0.2) is 23.6 Å². The lowest BCUT2D eigenvalue weighted by molar-refractivity contribution is -0.346. The van der Waals surface area contributed by atoms with E-state index in [0.29, 0.717) is 5.56 Å². The Morgan fingerprint density at radius 2 is 1.51 bits per heavy atom. The van der Waals surface area contributed by atoms with Crippen LogP contribution in [0.25, 0.3) is 0 Å². The number of aliphatic hydroxyl groups is 3. The lowest BCUT2D eigenvalue weighted by Crippen LogP contribution is -2.82. The fraction of sp³-hybridized carbons (Fsp3) is 0.556. The van der Waals surface area contributed by atoms with Crippen molar-refractivity contribution in [2.24, 2.45) is 16.7 Å². The molecule has 2 aromatic carbocycles. The van der Waals surface area contributed by atoms with E-state index in [1.807, 2.05) is 0 Å². The molecule has 2 bridgehead atoms. The van der Waals surface area contributed by atoms with Crippen LogP contribution in [0.2, 0.25) is 0 Å². The molecule has 1 heterocycles. The number of carbonyl (C=O) groups excluding carboxylic acids is 6. The van der Waals surface area contributed by atoms with Crippen molar-refractivity contribution in [1.82, 2.24) is 5.32 Å². The predicted octanol–water partition coefficient (Wildman–Crippen LogP) is 3.83. The van der Waals surface area contributed by atoms with Crippen LogP contribution in [0.15, 0.2) is 71.8 Å². The Morgan fingerprint density at radius 1 is 0.902 bits per heavy atom. The van der Waals surface area contributed by atoms with Gasteiger partial charge in [0.25, 0.3) is 0 Å². The second-order valence-electron chi connectivity index (χ2n) is 18.2. The molecule has 2 saturated carbocycles. The zero-order chi connectivity index (χ0) is 45.0. The SMILES string of the molecule is CC(=O)O[C@H]1C(=O)[C@@]2(C)C([C@H](OC(=O)c3ccccc3)[C@]3(O)CC(OC(=O)C(O)[C@@H](NC(=O)OC(C)(C)C)c4ccccc4)C(C)=C1C3(C)C)[C@]1(OC(C)=O)COC1C[C@@H]2O. The van der Waals surface area contributed by atoms with Crippen molar-refractivity contribution in [3.63, 3.8) is 0 Å². The summed E-state index contributed by atoms with van der Waals surface area (Å²) in [4.78, 5) is 82.9. The molecule has 61 heavy (non-hydrogen) atoms.